The quantitative estimate of drug-likeness (QED) is 0.586. The van der Waals surface area contributed by atoms with Gasteiger partial charge in [-0.05, 0) is 36.8 Å². The number of carbonyl (C=O) groups excluding carboxylic acids is 2. The van der Waals surface area contributed by atoms with E-state index in [4.69, 9.17) is 11.6 Å². The van der Waals surface area contributed by atoms with E-state index >= 15 is 0 Å². The standard InChI is InChI=1S/C21H16ClF3N4O2/c1-11-18(12-6-8-13(22)9-7-12)19-27-20(31)16(29(19)28-11)10-17(30)26-15-5-3-2-4-14(15)21(23,24)25/h2-9,16H,10H2,1H3,(H,26,30)(H,27,31). The van der Waals surface area contributed by atoms with Gasteiger partial charge in [-0.2, -0.15) is 18.3 Å². The molecule has 6 nitrogen and oxygen atoms in total. The minimum absolute atomic E-state index is 0.364. The first-order valence-corrected chi connectivity index (χ1v) is 9.65. The SMILES string of the molecule is Cc1nn2c(c1-c1ccc(Cl)cc1)NC(=O)C2CC(=O)Nc1ccccc1C(F)(F)F. The number of hydrogen-bond acceptors (Lipinski definition) is 3. The number of aryl methyl sites for hydroxylation is 1. The summed E-state index contributed by atoms with van der Waals surface area (Å²) in [7, 11) is 0. The molecule has 0 bridgehead atoms. The number of carbonyl (C=O) groups is 2. The van der Waals surface area contributed by atoms with E-state index in [0.29, 0.717) is 22.1 Å². The zero-order valence-corrected chi connectivity index (χ0v) is 16.9. The molecule has 1 atom stereocenters. The molecule has 1 unspecified atom stereocenters. The van der Waals surface area contributed by atoms with Crippen LogP contribution in [0.2, 0.25) is 5.02 Å². The Hall–Kier alpha value is -3.33. The number of halogens is 4. The fraction of sp³-hybridized carbons (Fsp3) is 0.190. The lowest BCUT2D eigenvalue weighted by Crippen LogP contribution is -2.24. The Labute approximate surface area is 180 Å². The highest BCUT2D eigenvalue weighted by atomic mass is 35.5. The molecule has 0 fully saturated rings. The van der Waals surface area contributed by atoms with E-state index in [1.807, 2.05) is 0 Å². The van der Waals surface area contributed by atoms with E-state index in [2.05, 4.69) is 15.7 Å². The molecular weight excluding hydrogens is 433 g/mol. The van der Waals surface area contributed by atoms with Crippen molar-refractivity contribution >= 4 is 34.9 Å². The summed E-state index contributed by atoms with van der Waals surface area (Å²) >= 11 is 5.93. The van der Waals surface area contributed by atoms with Crippen molar-refractivity contribution in [1.29, 1.82) is 0 Å². The minimum Gasteiger partial charge on any atom is -0.325 e. The Morgan fingerprint density at radius 1 is 1.19 bits per heavy atom. The summed E-state index contributed by atoms with van der Waals surface area (Å²) in [6, 6.07) is 10.7. The van der Waals surface area contributed by atoms with Crippen LogP contribution in [0.4, 0.5) is 24.7 Å². The van der Waals surface area contributed by atoms with E-state index in [1.165, 1.54) is 16.8 Å². The van der Waals surface area contributed by atoms with Crippen LogP contribution >= 0.6 is 11.6 Å². The van der Waals surface area contributed by atoms with Crippen LogP contribution in [-0.4, -0.2) is 21.6 Å². The van der Waals surface area contributed by atoms with E-state index in [-0.39, 0.29) is 12.1 Å². The molecule has 3 aromatic rings. The third-order valence-electron chi connectivity index (χ3n) is 4.94. The molecule has 1 aliphatic rings. The number of fused-ring (bicyclic) bond motifs is 1. The number of nitrogens with one attached hydrogen (secondary N) is 2. The molecule has 1 aromatic heterocycles. The van der Waals surface area contributed by atoms with Gasteiger partial charge in [-0.25, -0.2) is 4.68 Å². The number of hydrogen-bond donors (Lipinski definition) is 2. The average Bonchev–Trinajstić information content (AvgIpc) is 3.16. The molecule has 1 aliphatic heterocycles. The van der Waals surface area contributed by atoms with Crippen LogP contribution < -0.4 is 10.6 Å². The van der Waals surface area contributed by atoms with Crippen LogP contribution in [0.5, 0.6) is 0 Å². The lowest BCUT2D eigenvalue weighted by molar-refractivity contribution is -0.137. The average molecular weight is 449 g/mol. The molecule has 2 aromatic carbocycles. The third kappa shape index (κ3) is 4.00. The second kappa shape index (κ2) is 7.73. The molecule has 2 heterocycles. The first-order chi connectivity index (χ1) is 14.6. The highest BCUT2D eigenvalue weighted by Crippen LogP contribution is 2.39. The molecule has 2 N–H and O–H groups in total. The highest BCUT2D eigenvalue weighted by molar-refractivity contribution is 6.30. The zero-order chi connectivity index (χ0) is 22.3. The van der Waals surface area contributed by atoms with Crippen LogP contribution in [0.1, 0.15) is 23.7 Å². The first kappa shape index (κ1) is 20.9. The van der Waals surface area contributed by atoms with Gasteiger partial charge < -0.3 is 10.6 Å². The molecule has 0 saturated carbocycles. The van der Waals surface area contributed by atoms with Crippen LogP contribution in [0.3, 0.4) is 0 Å². The number of benzene rings is 2. The maximum Gasteiger partial charge on any atom is 0.418 e. The number of aromatic nitrogens is 2. The normalized spacial score (nSPS) is 15.5. The summed E-state index contributed by atoms with van der Waals surface area (Å²) in [5.41, 5.74) is 0.783. The molecule has 10 heteroatoms. The summed E-state index contributed by atoms with van der Waals surface area (Å²) in [5.74, 6) is -0.763. The number of anilines is 2. The number of amides is 2. The topological polar surface area (TPSA) is 76.0 Å². The second-order valence-electron chi connectivity index (χ2n) is 7.06. The van der Waals surface area contributed by atoms with Crippen molar-refractivity contribution in [2.24, 2.45) is 0 Å². The fourth-order valence-electron chi connectivity index (χ4n) is 3.56. The Kier molecular flexibility index (Phi) is 5.22. The van der Waals surface area contributed by atoms with Gasteiger partial charge in [0.25, 0.3) is 5.91 Å². The van der Waals surface area contributed by atoms with E-state index in [1.54, 1.807) is 31.2 Å². The summed E-state index contributed by atoms with van der Waals surface area (Å²) in [4.78, 5) is 25.0. The summed E-state index contributed by atoms with van der Waals surface area (Å²) in [5, 5.41) is 9.92. The first-order valence-electron chi connectivity index (χ1n) is 9.27. The largest absolute Gasteiger partial charge is 0.418 e. The van der Waals surface area contributed by atoms with Gasteiger partial charge in [-0.3, -0.25) is 9.59 Å². The van der Waals surface area contributed by atoms with Gasteiger partial charge in [0.15, 0.2) is 0 Å². The second-order valence-corrected chi connectivity index (χ2v) is 7.50. The maximum absolute atomic E-state index is 13.2. The molecule has 2 amide bonds. The summed E-state index contributed by atoms with van der Waals surface area (Å²) in [6.45, 7) is 1.76. The molecule has 0 aliphatic carbocycles. The molecule has 31 heavy (non-hydrogen) atoms. The van der Waals surface area contributed by atoms with Crippen LogP contribution in [0.15, 0.2) is 48.5 Å². The van der Waals surface area contributed by atoms with Gasteiger partial charge in [0.05, 0.1) is 23.4 Å². The van der Waals surface area contributed by atoms with Gasteiger partial charge in [0.2, 0.25) is 5.91 Å². The van der Waals surface area contributed by atoms with Crippen molar-refractivity contribution in [1.82, 2.24) is 9.78 Å². The van der Waals surface area contributed by atoms with Crippen LogP contribution in [-0.2, 0) is 15.8 Å². The molecule has 160 valence electrons. The predicted molar refractivity (Wildman–Crippen MR) is 110 cm³/mol. The molecular formula is C21H16ClF3N4O2. The Morgan fingerprint density at radius 3 is 2.55 bits per heavy atom. The lowest BCUT2D eigenvalue weighted by Gasteiger charge is -2.14. The molecule has 0 radical (unpaired) electrons. The molecule has 4 rings (SSSR count). The number of para-hydroxylation sites is 1. The van der Waals surface area contributed by atoms with Gasteiger partial charge in [0.1, 0.15) is 11.9 Å². The lowest BCUT2D eigenvalue weighted by atomic mass is 10.1. The van der Waals surface area contributed by atoms with E-state index in [0.717, 1.165) is 17.7 Å². The van der Waals surface area contributed by atoms with Crippen molar-refractivity contribution in [3.8, 4) is 11.1 Å². The van der Waals surface area contributed by atoms with Crippen molar-refractivity contribution in [3.63, 3.8) is 0 Å². The van der Waals surface area contributed by atoms with Crippen LogP contribution in [0, 0.1) is 6.92 Å². The number of rotatable bonds is 4. The number of alkyl halides is 3. The maximum atomic E-state index is 13.2. The van der Waals surface area contributed by atoms with E-state index in [9.17, 15) is 22.8 Å². The summed E-state index contributed by atoms with van der Waals surface area (Å²) < 4.78 is 40.9. The minimum atomic E-state index is -4.62. The molecule has 0 saturated heterocycles. The van der Waals surface area contributed by atoms with Crippen molar-refractivity contribution in [2.45, 2.75) is 25.6 Å². The highest BCUT2D eigenvalue weighted by Gasteiger charge is 2.37. The fourth-order valence-corrected chi connectivity index (χ4v) is 3.69. The van der Waals surface area contributed by atoms with Crippen molar-refractivity contribution < 1.29 is 22.8 Å². The Bertz CT molecular complexity index is 1170. The van der Waals surface area contributed by atoms with Crippen molar-refractivity contribution in [2.75, 3.05) is 10.6 Å². The van der Waals surface area contributed by atoms with Gasteiger partial charge in [0, 0.05) is 10.6 Å². The Morgan fingerprint density at radius 2 is 1.87 bits per heavy atom. The van der Waals surface area contributed by atoms with Crippen LogP contribution in [0.25, 0.3) is 11.1 Å². The number of nitrogens with zero attached hydrogens (tertiary/aromatic N) is 2. The predicted octanol–water partition coefficient (Wildman–Crippen LogP) is 5.05. The van der Waals surface area contributed by atoms with Crippen molar-refractivity contribution in [3.05, 3.63) is 64.8 Å². The van der Waals surface area contributed by atoms with Gasteiger partial charge in [-0.1, -0.05) is 35.9 Å². The summed E-state index contributed by atoms with van der Waals surface area (Å²) in [6.07, 6.45) is -4.99. The van der Waals surface area contributed by atoms with Gasteiger partial charge in [-0.15, -0.1) is 0 Å². The monoisotopic (exact) mass is 448 g/mol. The third-order valence-corrected chi connectivity index (χ3v) is 5.20. The zero-order valence-electron chi connectivity index (χ0n) is 16.1. The smallest absolute Gasteiger partial charge is 0.325 e. The van der Waals surface area contributed by atoms with E-state index < -0.39 is 29.6 Å². The molecule has 0 spiro atoms. The van der Waals surface area contributed by atoms with Gasteiger partial charge >= 0.3 is 6.18 Å². The Balaban J connectivity index is 1.58.